The summed E-state index contributed by atoms with van der Waals surface area (Å²) in [7, 11) is 0. The molecule has 1 rings (SSSR count). The maximum absolute atomic E-state index is 12.1. The quantitative estimate of drug-likeness (QED) is 0.319. The van der Waals surface area contributed by atoms with Gasteiger partial charge in [0, 0.05) is 11.4 Å². The molecule has 1 aromatic rings. The van der Waals surface area contributed by atoms with Gasteiger partial charge >= 0.3 is 0 Å². The van der Waals surface area contributed by atoms with E-state index in [4.69, 9.17) is 10.9 Å². The van der Waals surface area contributed by atoms with Crippen LogP contribution in [-0.2, 0) is 11.2 Å². The van der Waals surface area contributed by atoms with Gasteiger partial charge < -0.3 is 16.3 Å². The number of nitrogens with one attached hydrogen (secondary N) is 1. The van der Waals surface area contributed by atoms with Gasteiger partial charge in [0.2, 0.25) is 5.91 Å². The molecule has 1 aromatic heterocycles. The molecule has 0 saturated heterocycles. The highest BCUT2D eigenvalue weighted by Gasteiger charge is 2.36. The molecule has 4 N–H and O–H groups in total. The summed E-state index contributed by atoms with van der Waals surface area (Å²) in [5.74, 6) is -0.285. The smallest absolute Gasteiger partial charge is 0.233 e. The van der Waals surface area contributed by atoms with Gasteiger partial charge in [0.25, 0.3) is 0 Å². The van der Waals surface area contributed by atoms with E-state index in [-0.39, 0.29) is 11.7 Å². The van der Waals surface area contributed by atoms with Crippen LogP contribution in [0, 0.1) is 5.41 Å². The van der Waals surface area contributed by atoms with E-state index >= 15 is 0 Å². The lowest BCUT2D eigenvalue weighted by atomic mass is 9.85. The molecule has 0 aliphatic carbocycles. The van der Waals surface area contributed by atoms with Crippen LogP contribution in [0.5, 0.6) is 0 Å². The number of nitrogens with zero attached hydrogens (tertiary/aromatic N) is 1. The van der Waals surface area contributed by atoms with Gasteiger partial charge in [0.15, 0.2) is 5.84 Å². The first-order valence-electron chi connectivity index (χ1n) is 5.94. The van der Waals surface area contributed by atoms with Crippen LogP contribution in [0.25, 0.3) is 0 Å². The van der Waals surface area contributed by atoms with Crippen molar-refractivity contribution in [1.29, 1.82) is 0 Å². The van der Waals surface area contributed by atoms with Crippen molar-refractivity contribution >= 4 is 39.0 Å². The van der Waals surface area contributed by atoms with E-state index in [0.29, 0.717) is 13.0 Å². The van der Waals surface area contributed by atoms with E-state index in [1.807, 2.05) is 19.1 Å². The summed E-state index contributed by atoms with van der Waals surface area (Å²) in [5.41, 5.74) is 4.62. The molecule has 0 aliphatic rings. The second-order valence-corrected chi connectivity index (χ2v) is 6.93. The number of oxime groups is 1. The normalized spacial score (nSPS) is 15.0. The number of thiophene rings is 1. The minimum atomic E-state index is -0.967. The zero-order chi connectivity index (χ0) is 14.5. The summed E-state index contributed by atoms with van der Waals surface area (Å²) < 4.78 is 1.07. The van der Waals surface area contributed by atoms with Crippen molar-refractivity contribution in [1.82, 2.24) is 5.32 Å². The highest BCUT2D eigenvalue weighted by atomic mass is 79.9. The van der Waals surface area contributed by atoms with Crippen LogP contribution in [0.3, 0.4) is 0 Å². The number of nitrogens with two attached hydrogens (primary N) is 1. The number of amidine groups is 1. The highest BCUT2D eigenvalue weighted by molar-refractivity contribution is 9.11. The van der Waals surface area contributed by atoms with Crippen LogP contribution in [0.4, 0.5) is 0 Å². The predicted octanol–water partition coefficient (Wildman–Crippen LogP) is 2.33. The van der Waals surface area contributed by atoms with Crippen molar-refractivity contribution < 1.29 is 10.0 Å². The van der Waals surface area contributed by atoms with Gasteiger partial charge in [-0.1, -0.05) is 12.1 Å². The Hall–Kier alpha value is -1.08. The molecule has 0 aromatic carbocycles. The Labute approximate surface area is 125 Å². The molecule has 1 atom stereocenters. The van der Waals surface area contributed by atoms with Gasteiger partial charge in [-0.25, -0.2) is 0 Å². The average Bonchev–Trinajstić information content (AvgIpc) is 2.82. The summed E-state index contributed by atoms with van der Waals surface area (Å²) >= 11 is 5.04. The second-order valence-electron chi connectivity index (χ2n) is 4.38. The van der Waals surface area contributed by atoms with Crippen LogP contribution in [0.1, 0.15) is 25.1 Å². The Morgan fingerprint density at radius 3 is 2.79 bits per heavy atom. The zero-order valence-corrected chi connectivity index (χ0v) is 13.3. The van der Waals surface area contributed by atoms with Gasteiger partial charge in [-0.15, -0.1) is 11.3 Å². The number of carbonyl (C=O) groups excluding carboxylic acids is 1. The van der Waals surface area contributed by atoms with Crippen molar-refractivity contribution in [3.63, 3.8) is 0 Å². The van der Waals surface area contributed by atoms with Crippen molar-refractivity contribution in [2.75, 3.05) is 6.54 Å². The van der Waals surface area contributed by atoms with Crippen LogP contribution in [-0.4, -0.2) is 23.5 Å². The van der Waals surface area contributed by atoms with E-state index < -0.39 is 5.41 Å². The Kier molecular flexibility index (Phi) is 5.81. The van der Waals surface area contributed by atoms with Crippen molar-refractivity contribution in [3.8, 4) is 0 Å². The molecular weight excluding hydrogens is 330 g/mol. The van der Waals surface area contributed by atoms with Crippen molar-refractivity contribution in [3.05, 3.63) is 20.8 Å². The number of halogens is 1. The molecule has 106 valence electrons. The summed E-state index contributed by atoms with van der Waals surface area (Å²) in [6.45, 7) is 4.02. The molecular formula is C12H18BrN3O2S. The average molecular weight is 348 g/mol. The lowest BCUT2D eigenvalue weighted by Crippen LogP contribution is -2.48. The first-order chi connectivity index (χ1) is 8.93. The van der Waals surface area contributed by atoms with E-state index in [2.05, 4.69) is 26.4 Å². The lowest BCUT2D eigenvalue weighted by Gasteiger charge is -2.25. The van der Waals surface area contributed by atoms with Crippen LogP contribution < -0.4 is 11.1 Å². The van der Waals surface area contributed by atoms with Crippen molar-refractivity contribution in [2.45, 2.75) is 26.7 Å². The molecule has 19 heavy (non-hydrogen) atoms. The summed E-state index contributed by atoms with van der Waals surface area (Å²) in [6.07, 6.45) is 1.23. The lowest BCUT2D eigenvalue weighted by molar-refractivity contribution is -0.127. The molecule has 1 unspecified atom stereocenters. The Morgan fingerprint density at radius 2 is 2.32 bits per heavy atom. The van der Waals surface area contributed by atoms with E-state index in [1.165, 1.54) is 4.88 Å². The molecule has 5 nitrogen and oxygen atoms in total. The molecule has 0 saturated carbocycles. The standard InChI is InChI=1S/C12H18BrN3O2S/c1-3-12(2,10(14)16-18)11(17)15-7-6-8-4-5-9(13)19-8/h4-5,18H,3,6-7H2,1-2H3,(H2,14,16)(H,15,17). The maximum Gasteiger partial charge on any atom is 0.233 e. The SMILES string of the molecule is CCC(C)(C(=O)NCCc1ccc(Br)s1)/C(N)=N/O. The van der Waals surface area contributed by atoms with Gasteiger partial charge in [-0.05, 0) is 47.8 Å². The molecule has 7 heteroatoms. The van der Waals surface area contributed by atoms with Crippen LogP contribution in [0.15, 0.2) is 21.1 Å². The van der Waals surface area contributed by atoms with Gasteiger partial charge in [-0.2, -0.15) is 0 Å². The summed E-state index contributed by atoms with van der Waals surface area (Å²) in [5, 5.41) is 14.5. The number of amides is 1. The highest BCUT2D eigenvalue weighted by Crippen LogP contribution is 2.23. The molecule has 0 spiro atoms. The fraction of sp³-hybridized carbons (Fsp3) is 0.500. The first-order valence-corrected chi connectivity index (χ1v) is 7.55. The zero-order valence-electron chi connectivity index (χ0n) is 10.9. The Bertz CT molecular complexity index is 475. The van der Waals surface area contributed by atoms with Gasteiger partial charge in [0.05, 0.1) is 3.79 Å². The minimum Gasteiger partial charge on any atom is -0.409 e. The predicted molar refractivity (Wildman–Crippen MR) is 80.5 cm³/mol. The number of carbonyl (C=O) groups is 1. The number of hydrogen-bond acceptors (Lipinski definition) is 4. The summed E-state index contributed by atoms with van der Waals surface area (Å²) in [6, 6.07) is 4.00. The number of hydrogen-bond donors (Lipinski definition) is 3. The fourth-order valence-corrected chi connectivity index (χ4v) is 3.03. The van der Waals surface area contributed by atoms with Crippen LogP contribution >= 0.6 is 27.3 Å². The van der Waals surface area contributed by atoms with Crippen LogP contribution in [0.2, 0.25) is 0 Å². The first kappa shape index (κ1) is 16.0. The molecule has 0 radical (unpaired) electrons. The van der Waals surface area contributed by atoms with E-state index in [1.54, 1.807) is 18.3 Å². The van der Waals surface area contributed by atoms with Gasteiger partial charge in [0.1, 0.15) is 5.41 Å². The monoisotopic (exact) mass is 347 g/mol. The van der Waals surface area contributed by atoms with Crippen molar-refractivity contribution in [2.24, 2.45) is 16.3 Å². The van der Waals surface area contributed by atoms with E-state index in [0.717, 1.165) is 10.2 Å². The second kappa shape index (κ2) is 6.91. The third-order valence-corrected chi connectivity index (χ3v) is 4.85. The molecule has 0 fully saturated rings. The number of rotatable bonds is 6. The summed E-state index contributed by atoms with van der Waals surface area (Å²) in [4.78, 5) is 13.3. The maximum atomic E-state index is 12.1. The molecule has 0 aliphatic heterocycles. The molecule has 1 amide bonds. The van der Waals surface area contributed by atoms with Gasteiger partial charge in [-0.3, -0.25) is 4.79 Å². The third-order valence-electron chi connectivity index (χ3n) is 3.17. The topological polar surface area (TPSA) is 87.7 Å². The van der Waals surface area contributed by atoms with E-state index in [9.17, 15) is 4.79 Å². The molecule has 0 bridgehead atoms. The largest absolute Gasteiger partial charge is 0.409 e. The molecule has 1 heterocycles. The fourth-order valence-electron chi connectivity index (χ4n) is 1.55. The Morgan fingerprint density at radius 1 is 1.63 bits per heavy atom. The minimum absolute atomic E-state index is 0.0635. The third kappa shape index (κ3) is 3.94. The Balaban J connectivity index is 2.54.